The summed E-state index contributed by atoms with van der Waals surface area (Å²) < 4.78 is 5.42. The van der Waals surface area contributed by atoms with Gasteiger partial charge in [-0.05, 0) is 74.0 Å². The van der Waals surface area contributed by atoms with Crippen molar-refractivity contribution in [2.45, 2.75) is 32.4 Å². The van der Waals surface area contributed by atoms with Gasteiger partial charge in [-0.3, -0.25) is 24.5 Å². The van der Waals surface area contributed by atoms with E-state index in [0.717, 1.165) is 5.75 Å². The summed E-state index contributed by atoms with van der Waals surface area (Å²) in [5.74, 6) is -0.702. The Morgan fingerprint density at radius 2 is 1.68 bits per heavy atom. The van der Waals surface area contributed by atoms with Gasteiger partial charge in [0.05, 0.1) is 18.0 Å². The summed E-state index contributed by atoms with van der Waals surface area (Å²) in [5.41, 5.74) is 3.23. The van der Waals surface area contributed by atoms with Crippen LogP contribution in [0.1, 0.15) is 46.0 Å². The lowest BCUT2D eigenvalue weighted by atomic mass is 10.0. The molecule has 0 aromatic heterocycles. The Labute approximate surface area is 218 Å². The minimum atomic E-state index is -0.722. The topological polar surface area (TPSA) is 130 Å². The number of carbonyl (C=O) groups excluding carboxylic acids is 4. The summed E-state index contributed by atoms with van der Waals surface area (Å²) in [5, 5.41) is 13.6. The minimum absolute atomic E-state index is 0.168. The number of anilines is 1. The number of benzene rings is 3. The number of rotatable bonds is 7. The molecular weight excluding hydrogens is 486 g/mol. The van der Waals surface area contributed by atoms with Crippen LogP contribution < -0.4 is 15.4 Å². The smallest absolute Gasteiger partial charge is 0.255 e. The molecule has 1 saturated heterocycles. The highest BCUT2D eigenvalue weighted by Gasteiger charge is 2.39. The summed E-state index contributed by atoms with van der Waals surface area (Å²) in [6.07, 6.45) is 0.449. The Kier molecular flexibility index (Phi) is 6.94. The molecule has 192 valence electrons. The molecule has 2 aliphatic heterocycles. The number of ether oxygens (including phenoxy) is 1. The summed E-state index contributed by atoms with van der Waals surface area (Å²) in [7, 11) is 0. The van der Waals surface area contributed by atoms with E-state index in [0.29, 0.717) is 40.4 Å². The van der Waals surface area contributed by atoms with Gasteiger partial charge in [0.15, 0.2) is 0 Å². The third-order valence-corrected chi connectivity index (χ3v) is 6.39. The average Bonchev–Trinajstić information content (AvgIpc) is 3.26. The summed E-state index contributed by atoms with van der Waals surface area (Å²) in [4.78, 5) is 51.2. The first-order valence-corrected chi connectivity index (χ1v) is 12.3. The van der Waals surface area contributed by atoms with Gasteiger partial charge in [0, 0.05) is 35.3 Å². The van der Waals surface area contributed by atoms with E-state index >= 15 is 0 Å². The molecule has 1 unspecified atom stereocenters. The second-order valence-corrected chi connectivity index (χ2v) is 8.86. The molecule has 1 atom stereocenters. The molecule has 3 aromatic carbocycles. The van der Waals surface area contributed by atoms with Gasteiger partial charge in [0.1, 0.15) is 11.8 Å². The van der Waals surface area contributed by atoms with E-state index < -0.39 is 11.9 Å². The standard InChI is InChI=1S/C28H25N5O5/c1-2-38-20-12-10-19(11-13-20)32-31-18-8-6-17(7-9-18)26(35)29-23-5-3-4-21-22(23)16-33(28(21)37)24-14-15-25(34)30-27(24)36/h3-13,24H,2,14-16H2,1H3,(H,29,35)(H,30,34,36)/b32-31+. The van der Waals surface area contributed by atoms with Crippen molar-refractivity contribution in [1.29, 1.82) is 0 Å². The lowest BCUT2D eigenvalue weighted by Crippen LogP contribution is -2.52. The third-order valence-electron chi connectivity index (χ3n) is 6.39. The lowest BCUT2D eigenvalue weighted by Gasteiger charge is -2.29. The van der Waals surface area contributed by atoms with Crippen LogP contribution in [0.3, 0.4) is 0 Å². The molecule has 0 saturated carbocycles. The number of hydrogen-bond donors (Lipinski definition) is 2. The number of carbonyl (C=O) groups is 4. The Balaban J connectivity index is 1.25. The SMILES string of the molecule is CCOc1ccc(/N=N/c2ccc(C(=O)Nc3cccc4c3CN(C3CCC(=O)NC3=O)C4=O)cc2)cc1. The zero-order chi connectivity index (χ0) is 26.6. The van der Waals surface area contributed by atoms with Gasteiger partial charge in [-0.1, -0.05) is 6.07 Å². The highest BCUT2D eigenvalue weighted by molar-refractivity contribution is 6.08. The van der Waals surface area contributed by atoms with Crippen LogP contribution >= 0.6 is 0 Å². The van der Waals surface area contributed by atoms with Crippen LogP contribution in [-0.2, 0) is 16.1 Å². The molecule has 2 heterocycles. The molecule has 10 nitrogen and oxygen atoms in total. The van der Waals surface area contributed by atoms with Crippen LogP contribution in [0.25, 0.3) is 0 Å². The molecule has 2 N–H and O–H groups in total. The summed E-state index contributed by atoms with van der Waals surface area (Å²) in [6.45, 7) is 2.68. The monoisotopic (exact) mass is 511 g/mol. The fraction of sp³-hybridized carbons (Fsp3) is 0.214. The van der Waals surface area contributed by atoms with Crippen molar-refractivity contribution < 1.29 is 23.9 Å². The fourth-order valence-corrected chi connectivity index (χ4v) is 4.47. The molecular formula is C28H25N5O5. The Hall–Kier alpha value is -4.86. The second kappa shape index (κ2) is 10.6. The van der Waals surface area contributed by atoms with Crippen molar-refractivity contribution in [2.75, 3.05) is 11.9 Å². The molecule has 0 bridgehead atoms. The maximum absolute atomic E-state index is 13.0. The Morgan fingerprint density at radius 3 is 2.34 bits per heavy atom. The van der Waals surface area contributed by atoms with Crippen molar-refractivity contribution in [2.24, 2.45) is 10.2 Å². The highest BCUT2D eigenvalue weighted by Crippen LogP contribution is 2.32. The number of azo groups is 1. The first-order chi connectivity index (χ1) is 18.4. The van der Waals surface area contributed by atoms with Gasteiger partial charge in [0.2, 0.25) is 11.8 Å². The van der Waals surface area contributed by atoms with Crippen molar-refractivity contribution in [3.8, 4) is 5.75 Å². The van der Waals surface area contributed by atoms with Crippen molar-refractivity contribution in [1.82, 2.24) is 10.2 Å². The van der Waals surface area contributed by atoms with E-state index in [1.165, 1.54) is 4.90 Å². The number of amides is 4. The number of fused-ring (bicyclic) bond motifs is 1. The lowest BCUT2D eigenvalue weighted by molar-refractivity contribution is -0.136. The molecule has 38 heavy (non-hydrogen) atoms. The largest absolute Gasteiger partial charge is 0.494 e. The predicted octanol–water partition coefficient (Wildman–Crippen LogP) is 4.51. The predicted molar refractivity (Wildman–Crippen MR) is 139 cm³/mol. The molecule has 5 rings (SSSR count). The molecule has 3 aromatic rings. The first kappa shape index (κ1) is 24.8. The van der Waals surface area contributed by atoms with E-state index in [2.05, 4.69) is 20.9 Å². The maximum Gasteiger partial charge on any atom is 0.255 e. The first-order valence-electron chi connectivity index (χ1n) is 12.3. The molecule has 0 aliphatic carbocycles. The summed E-state index contributed by atoms with van der Waals surface area (Å²) >= 11 is 0. The fourth-order valence-electron chi connectivity index (χ4n) is 4.47. The van der Waals surface area contributed by atoms with E-state index in [-0.39, 0.29) is 37.1 Å². The van der Waals surface area contributed by atoms with Crippen LogP contribution in [0.2, 0.25) is 0 Å². The van der Waals surface area contributed by atoms with Gasteiger partial charge in [-0.15, -0.1) is 0 Å². The Morgan fingerprint density at radius 1 is 1.00 bits per heavy atom. The molecule has 1 fully saturated rings. The quantitative estimate of drug-likeness (QED) is 0.356. The third kappa shape index (κ3) is 5.15. The van der Waals surface area contributed by atoms with Crippen LogP contribution in [0.15, 0.2) is 77.0 Å². The number of nitrogens with zero attached hydrogens (tertiary/aromatic N) is 3. The molecule has 10 heteroatoms. The van der Waals surface area contributed by atoms with Gasteiger partial charge in [-0.2, -0.15) is 10.2 Å². The molecule has 0 radical (unpaired) electrons. The van der Waals surface area contributed by atoms with E-state index in [9.17, 15) is 19.2 Å². The van der Waals surface area contributed by atoms with Gasteiger partial charge < -0.3 is 15.0 Å². The van der Waals surface area contributed by atoms with E-state index in [4.69, 9.17) is 4.74 Å². The minimum Gasteiger partial charge on any atom is -0.494 e. The number of hydrogen-bond acceptors (Lipinski definition) is 7. The summed E-state index contributed by atoms with van der Waals surface area (Å²) in [6, 6.07) is 18.3. The second-order valence-electron chi connectivity index (χ2n) is 8.86. The zero-order valence-corrected chi connectivity index (χ0v) is 20.6. The molecule has 0 spiro atoms. The molecule has 4 amide bonds. The van der Waals surface area contributed by atoms with E-state index in [1.807, 2.05) is 19.1 Å². The van der Waals surface area contributed by atoms with Gasteiger partial charge >= 0.3 is 0 Å². The highest BCUT2D eigenvalue weighted by atomic mass is 16.5. The maximum atomic E-state index is 13.0. The number of nitrogens with one attached hydrogen (secondary N) is 2. The van der Waals surface area contributed by atoms with Crippen LogP contribution in [0, 0.1) is 0 Å². The van der Waals surface area contributed by atoms with E-state index in [1.54, 1.807) is 54.6 Å². The molecule has 2 aliphatic rings. The van der Waals surface area contributed by atoms with Crippen LogP contribution in [-0.4, -0.2) is 41.2 Å². The Bertz CT molecular complexity index is 1430. The zero-order valence-electron chi connectivity index (χ0n) is 20.6. The van der Waals surface area contributed by atoms with Crippen LogP contribution in [0.4, 0.5) is 17.1 Å². The normalized spacial score (nSPS) is 16.9. The van der Waals surface area contributed by atoms with Gasteiger partial charge in [-0.25, -0.2) is 0 Å². The number of piperidine rings is 1. The number of imide groups is 1. The van der Waals surface area contributed by atoms with Crippen molar-refractivity contribution in [3.63, 3.8) is 0 Å². The van der Waals surface area contributed by atoms with Crippen molar-refractivity contribution >= 4 is 40.7 Å². The average molecular weight is 512 g/mol. The van der Waals surface area contributed by atoms with Crippen LogP contribution in [0.5, 0.6) is 5.75 Å². The van der Waals surface area contributed by atoms with Crippen molar-refractivity contribution in [3.05, 3.63) is 83.4 Å². The van der Waals surface area contributed by atoms with Gasteiger partial charge in [0.25, 0.3) is 11.8 Å².